The van der Waals surface area contributed by atoms with Gasteiger partial charge in [-0.15, -0.1) is 11.8 Å². The third kappa shape index (κ3) is 8.67. The van der Waals surface area contributed by atoms with E-state index < -0.39 is 6.10 Å². The lowest BCUT2D eigenvalue weighted by atomic mass is 9.87. The van der Waals surface area contributed by atoms with Gasteiger partial charge >= 0.3 is 0 Å². The van der Waals surface area contributed by atoms with Gasteiger partial charge in [-0.1, -0.05) is 47.5 Å². The molecule has 1 N–H and O–H groups in total. The van der Waals surface area contributed by atoms with E-state index in [0.29, 0.717) is 22.3 Å². The number of halogens is 4. The summed E-state index contributed by atoms with van der Waals surface area (Å²) < 4.78 is 26.9. The molecule has 1 heterocycles. The zero-order valence-corrected chi connectivity index (χ0v) is 23.0. The Morgan fingerprint density at radius 2 is 1.35 bits per heavy atom. The number of thioether (sulfide) groups is 1. The van der Waals surface area contributed by atoms with Crippen LogP contribution in [0.4, 0.5) is 8.78 Å². The zero-order valence-electron chi connectivity index (χ0n) is 20.6. The first-order chi connectivity index (χ1) is 17.9. The molecule has 3 aromatic rings. The largest absolute Gasteiger partial charge is 0.391 e. The fraction of sp³-hybridized carbons (Fsp3) is 0.379. The van der Waals surface area contributed by atoms with Gasteiger partial charge in [0.25, 0.3) is 0 Å². The Balaban J connectivity index is 1.20. The SMILES string of the molecule is OC(CSc1ccc(Cl)c(Cl)c1)CN1CCN(CCCC(c2ccc(F)cc2)c2ccc(F)cc2)CC1. The lowest BCUT2D eigenvalue weighted by Gasteiger charge is -2.35. The predicted molar refractivity (Wildman–Crippen MR) is 150 cm³/mol. The monoisotopic (exact) mass is 564 g/mol. The molecule has 198 valence electrons. The summed E-state index contributed by atoms with van der Waals surface area (Å²) in [5.74, 6) is 0.201. The van der Waals surface area contributed by atoms with Gasteiger partial charge in [0.2, 0.25) is 0 Å². The highest BCUT2D eigenvalue weighted by atomic mass is 35.5. The number of aliphatic hydroxyl groups is 1. The van der Waals surface area contributed by atoms with Crippen molar-refractivity contribution in [3.63, 3.8) is 0 Å². The maximum Gasteiger partial charge on any atom is 0.123 e. The molecule has 1 atom stereocenters. The van der Waals surface area contributed by atoms with E-state index in [-0.39, 0.29) is 17.6 Å². The number of nitrogens with zero attached hydrogens (tertiary/aromatic N) is 2. The van der Waals surface area contributed by atoms with E-state index in [1.165, 1.54) is 24.3 Å². The van der Waals surface area contributed by atoms with Gasteiger partial charge in [0, 0.05) is 49.3 Å². The van der Waals surface area contributed by atoms with E-state index in [1.54, 1.807) is 17.8 Å². The lowest BCUT2D eigenvalue weighted by Crippen LogP contribution is -2.49. The van der Waals surface area contributed by atoms with Crippen LogP contribution in [-0.2, 0) is 0 Å². The van der Waals surface area contributed by atoms with Crippen LogP contribution < -0.4 is 0 Å². The van der Waals surface area contributed by atoms with E-state index in [9.17, 15) is 13.9 Å². The second kappa shape index (κ2) is 13.9. The Hall–Kier alpha value is -1.67. The molecule has 3 aromatic carbocycles. The van der Waals surface area contributed by atoms with Gasteiger partial charge in [-0.25, -0.2) is 8.78 Å². The van der Waals surface area contributed by atoms with Crippen molar-refractivity contribution < 1.29 is 13.9 Å². The Labute approximate surface area is 232 Å². The number of piperazine rings is 1. The highest BCUT2D eigenvalue weighted by molar-refractivity contribution is 7.99. The quantitative estimate of drug-likeness (QED) is 0.255. The van der Waals surface area contributed by atoms with Crippen molar-refractivity contribution in [2.24, 2.45) is 0 Å². The summed E-state index contributed by atoms with van der Waals surface area (Å²) in [6, 6.07) is 18.8. The molecule has 37 heavy (non-hydrogen) atoms. The van der Waals surface area contributed by atoms with Crippen molar-refractivity contribution in [1.82, 2.24) is 9.80 Å². The minimum Gasteiger partial charge on any atom is -0.391 e. The maximum absolute atomic E-state index is 13.5. The summed E-state index contributed by atoms with van der Waals surface area (Å²) in [5, 5.41) is 11.6. The Morgan fingerprint density at radius 1 is 0.784 bits per heavy atom. The van der Waals surface area contributed by atoms with Crippen molar-refractivity contribution in [1.29, 1.82) is 0 Å². The molecule has 0 bridgehead atoms. The van der Waals surface area contributed by atoms with Gasteiger partial charge in [0.15, 0.2) is 0 Å². The molecule has 0 spiro atoms. The highest BCUT2D eigenvalue weighted by Gasteiger charge is 2.20. The molecular formula is C29H32Cl2F2N2OS. The van der Waals surface area contributed by atoms with Crippen LogP contribution in [0.15, 0.2) is 71.6 Å². The normalized spacial score (nSPS) is 15.8. The standard InChI is InChI=1S/C29H32Cl2F2N2OS/c30-28-12-11-26(18-29(28)31)37-20-25(36)19-35-16-14-34(15-17-35)13-1-2-27(21-3-7-23(32)8-4-21)22-5-9-24(33)10-6-22/h3-12,18,25,27,36H,1-2,13-17,19-20H2. The van der Waals surface area contributed by atoms with Crippen LogP contribution >= 0.6 is 35.0 Å². The van der Waals surface area contributed by atoms with Crippen molar-refractivity contribution in [3.8, 4) is 0 Å². The first-order valence-corrected chi connectivity index (χ1v) is 14.3. The molecule has 0 aromatic heterocycles. The summed E-state index contributed by atoms with van der Waals surface area (Å²) in [4.78, 5) is 5.77. The van der Waals surface area contributed by atoms with Crippen LogP contribution in [0.25, 0.3) is 0 Å². The molecule has 0 amide bonds. The number of hydrogen-bond donors (Lipinski definition) is 1. The van der Waals surface area contributed by atoms with Crippen LogP contribution in [0.5, 0.6) is 0 Å². The van der Waals surface area contributed by atoms with E-state index in [2.05, 4.69) is 9.80 Å². The molecule has 0 radical (unpaired) electrons. The van der Waals surface area contributed by atoms with Gasteiger partial charge in [0.05, 0.1) is 16.1 Å². The first kappa shape index (κ1) is 28.3. The summed E-state index contributed by atoms with van der Waals surface area (Å²) >= 11 is 13.6. The number of benzene rings is 3. The minimum atomic E-state index is -0.418. The molecule has 3 nitrogen and oxygen atoms in total. The molecule has 0 aliphatic carbocycles. The molecule has 1 unspecified atom stereocenters. The average molecular weight is 566 g/mol. The maximum atomic E-state index is 13.5. The molecule has 1 aliphatic heterocycles. The van der Waals surface area contributed by atoms with Crippen LogP contribution in [-0.4, -0.2) is 66.0 Å². The molecule has 1 saturated heterocycles. The average Bonchev–Trinajstić information content (AvgIpc) is 2.90. The second-order valence-corrected chi connectivity index (χ2v) is 11.4. The van der Waals surface area contributed by atoms with E-state index in [4.69, 9.17) is 23.2 Å². The first-order valence-electron chi connectivity index (χ1n) is 12.6. The molecule has 0 saturated carbocycles. The second-order valence-electron chi connectivity index (χ2n) is 9.48. The van der Waals surface area contributed by atoms with Gasteiger partial charge in [0.1, 0.15) is 11.6 Å². The number of rotatable bonds is 11. The minimum absolute atomic E-state index is 0.102. The molecule has 8 heteroatoms. The van der Waals surface area contributed by atoms with Crippen LogP contribution in [0.3, 0.4) is 0 Å². The van der Waals surface area contributed by atoms with Gasteiger partial charge in [-0.3, -0.25) is 4.90 Å². The lowest BCUT2D eigenvalue weighted by molar-refractivity contribution is 0.0819. The Bertz CT molecular complexity index is 1080. The van der Waals surface area contributed by atoms with E-state index >= 15 is 0 Å². The topological polar surface area (TPSA) is 26.7 Å². The molecular weight excluding hydrogens is 533 g/mol. The fourth-order valence-corrected chi connectivity index (χ4v) is 5.96. The fourth-order valence-electron chi connectivity index (χ4n) is 4.74. The van der Waals surface area contributed by atoms with Gasteiger partial charge in [-0.05, 0) is 73.0 Å². The number of aliphatic hydroxyl groups excluding tert-OH is 1. The van der Waals surface area contributed by atoms with E-state index in [1.807, 2.05) is 36.4 Å². The zero-order chi connectivity index (χ0) is 26.2. The van der Waals surface area contributed by atoms with Crippen LogP contribution in [0.1, 0.15) is 29.9 Å². The third-order valence-electron chi connectivity index (χ3n) is 6.78. The Kier molecular flexibility index (Phi) is 10.7. The van der Waals surface area contributed by atoms with Gasteiger partial charge < -0.3 is 10.0 Å². The van der Waals surface area contributed by atoms with Crippen molar-refractivity contribution in [3.05, 3.63) is 99.5 Å². The third-order valence-corrected chi connectivity index (χ3v) is 8.66. The van der Waals surface area contributed by atoms with Crippen molar-refractivity contribution >= 4 is 35.0 Å². The summed E-state index contributed by atoms with van der Waals surface area (Å²) in [5.41, 5.74) is 2.09. The summed E-state index contributed by atoms with van der Waals surface area (Å²) in [6.45, 7) is 5.40. The van der Waals surface area contributed by atoms with Gasteiger partial charge in [-0.2, -0.15) is 0 Å². The van der Waals surface area contributed by atoms with Crippen molar-refractivity contribution in [2.45, 2.75) is 29.8 Å². The molecule has 1 fully saturated rings. The molecule has 1 aliphatic rings. The van der Waals surface area contributed by atoms with Crippen LogP contribution in [0, 0.1) is 11.6 Å². The summed E-state index contributed by atoms with van der Waals surface area (Å²) in [7, 11) is 0. The van der Waals surface area contributed by atoms with Crippen LogP contribution in [0.2, 0.25) is 10.0 Å². The predicted octanol–water partition coefficient (Wildman–Crippen LogP) is 6.95. The van der Waals surface area contributed by atoms with E-state index in [0.717, 1.165) is 61.6 Å². The number of β-amino-alcohol motifs (C(OH)–C–C–N with tert-alkyl or cyclic N) is 1. The van der Waals surface area contributed by atoms with Crippen molar-refractivity contribution in [2.75, 3.05) is 45.0 Å². The smallest absolute Gasteiger partial charge is 0.123 e. The molecule has 4 rings (SSSR count). The summed E-state index contributed by atoms with van der Waals surface area (Å²) in [6.07, 6.45) is 1.47. The Morgan fingerprint density at radius 3 is 1.92 bits per heavy atom. The number of hydrogen-bond acceptors (Lipinski definition) is 4. The highest BCUT2D eigenvalue weighted by Crippen LogP contribution is 2.30.